The molecule has 0 aromatic rings. The van der Waals surface area contributed by atoms with Crippen molar-refractivity contribution in [1.82, 2.24) is 0 Å². The van der Waals surface area contributed by atoms with Crippen LogP contribution in [0.5, 0.6) is 0 Å². The molecule has 288 valence electrons. The van der Waals surface area contributed by atoms with Crippen molar-refractivity contribution in [3.05, 3.63) is 48.6 Å². The molecule has 0 spiro atoms. The van der Waals surface area contributed by atoms with E-state index in [1.807, 2.05) is 6.08 Å². The lowest BCUT2D eigenvalue weighted by Gasteiger charge is -2.34. The number of carbonyl (C=O) groups excluding carboxylic acids is 3. The molecule has 8 nitrogen and oxygen atoms in total. The van der Waals surface area contributed by atoms with Crippen LogP contribution in [0.15, 0.2) is 48.6 Å². The summed E-state index contributed by atoms with van der Waals surface area (Å²) >= 11 is 0. The predicted molar refractivity (Wildman–Crippen MR) is 203 cm³/mol. The quantitative estimate of drug-likeness (QED) is 0.0217. The molecule has 0 rings (SSSR count). The Morgan fingerprint density at radius 2 is 1.12 bits per heavy atom. The average Bonchev–Trinajstić information content (AvgIpc) is 3.06. The molecule has 0 N–H and O–H groups in total. The summed E-state index contributed by atoms with van der Waals surface area (Å²) in [5, 5.41) is 11.6. The van der Waals surface area contributed by atoms with Crippen LogP contribution >= 0.6 is 0 Å². The summed E-state index contributed by atoms with van der Waals surface area (Å²) in [5.41, 5.74) is 0. The van der Waals surface area contributed by atoms with Crippen molar-refractivity contribution in [2.75, 3.05) is 41.0 Å². The molecular formula is C42H73NO7. The average molecular weight is 704 g/mol. The number of hydrogen-bond donors (Lipinski definition) is 0. The van der Waals surface area contributed by atoms with E-state index < -0.39 is 18.1 Å². The molecule has 0 heterocycles. The number of carboxylic acid groups (broad SMARTS) is 1. The molecule has 0 aliphatic heterocycles. The fourth-order valence-electron chi connectivity index (χ4n) is 5.38. The highest BCUT2D eigenvalue weighted by molar-refractivity contribution is 5.70. The van der Waals surface area contributed by atoms with E-state index in [0.29, 0.717) is 12.8 Å². The number of hydrogen-bond acceptors (Lipinski definition) is 7. The van der Waals surface area contributed by atoms with E-state index in [1.54, 1.807) is 21.1 Å². The maximum Gasteiger partial charge on any atom is 0.306 e. The summed E-state index contributed by atoms with van der Waals surface area (Å²) in [7, 11) is 5.37. The minimum atomic E-state index is -1.14. The molecule has 0 aliphatic rings. The van der Waals surface area contributed by atoms with Gasteiger partial charge in [0, 0.05) is 19.3 Å². The van der Waals surface area contributed by atoms with Crippen LogP contribution < -0.4 is 5.11 Å². The van der Waals surface area contributed by atoms with E-state index >= 15 is 0 Å². The molecule has 0 amide bonds. The molecule has 2 atom stereocenters. The summed E-state index contributed by atoms with van der Waals surface area (Å²) in [6.07, 6.45) is 37.3. The van der Waals surface area contributed by atoms with Crippen molar-refractivity contribution >= 4 is 17.9 Å². The first-order valence-electron chi connectivity index (χ1n) is 19.7. The maximum atomic E-state index is 12.6. The van der Waals surface area contributed by atoms with E-state index in [2.05, 4.69) is 56.4 Å². The van der Waals surface area contributed by atoms with Crippen LogP contribution in [0.4, 0.5) is 0 Å². The van der Waals surface area contributed by atoms with Crippen LogP contribution in [0.25, 0.3) is 0 Å². The monoisotopic (exact) mass is 704 g/mol. The van der Waals surface area contributed by atoms with Crippen molar-refractivity contribution < 1.29 is 38.2 Å². The van der Waals surface area contributed by atoms with Gasteiger partial charge < -0.3 is 28.6 Å². The molecule has 0 saturated heterocycles. The second-order valence-electron chi connectivity index (χ2n) is 14.2. The van der Waals surface area contributed by atoms with Crippen molar-refractivity contribution in [2.24, 2.45) is 0 Å². The lowest BCUT2D eigenvalue weighted by atomic mass is 10.1. The highest BCUT2D eigenvalue weighted by Gasteiger charge is 2.25. The van der Waals surface area contributed by atoms with Crippen LogP contribution in [0.1, 0.15) is 149 Å². The van der Waals surface area contributed by atoms with Gasteiger partial charge in [0.1, 0.15) is 12.6 Å². The first-order valence-corrected chi connectivity index (χ1v) is 19.7. The summed E-state index contributed by atoms with van der Waals surface area (Å²) in [5.74, 6) is -1.83. The molecule has 8 heteroatoms. The van der Waals surface area contributed by atoms with Gasteiger partial charge in [0.25, 0.3) is 0 Å². The molecule has 0 aromatic heterocycles. The minimum absolute atomic E-state index is 0.0196. The molecule has 50 heavy (non-hydrogen) atoms. The summed E-state index contributed by atoms with van der Waals surface area (Å²) in [6.45, 7) is 4.51. The number of allylic oxidation sites excluding steroid dienone is 8. The van der Waals surface area contributed by atoms with Gasteiger partial charge in [-0.05, 0) is 51.4 Å². The summed E-state index contributed by atoms with van der Waals surface area (Å²) < 4.78 is 17.0. The molecule has 0 radical (unpaired) electrons. The first-order chi connectivity index (χ1) is 24.1. The highest BCUT2D eigenvalue weighted by Crippen LogP contribution is 2.12. The molecule has 2 unspecified atom stereocenters. The van der Waals surface area contributed by atoms with E-state index in [9.17, 15) is 19.5 Å². The van der Waals surface area contributed by atoms with Crippen LogP contribution in [-0.2, 0) is 28.6 Å². The second-order valence-corrected chi connectivity index (χ2v) is 14.2. The number of carboxylic acids is 1. The number of aliphatic carboxylic acids is 1. The van der Waals surface area contributed by atoms with Gasteiger partial charge in [-0.25, -0.2) is 0 Å². The number of quaternary nitrogens is 1. The largest absolute Gasteiger partial charge is 0.544 e. The van der Waals surface area contributed by atoms with Crippen molar-refractivity contribution in [3.8, 4) is 0 Å². The van der Waals surface area contributed by atoms with E-state index in [1.165, 1.54) is 51.4 Å². The standard InChI is InChI=1S/C42H73NO7/c1-6-8-10-12-14-16-17-18-19-20-21-22-23-24-25-27-29-31-33-41(45)50-38(36-48-35-34-39(42(46)47)43(3,4)5)37-49-40(44)32-30-28-26-15-13-11-9-7-2/h17-22,26,28,38-39H,6-16,23-25,27,29-37H2,1-5H3/b18-17+,20-19+,22-21+,28-26+. The molecular weight excluding hydrogens is 630 g/mol. The van der Waals surface area contributed by atoms with Gasteiger partial charge in [0.05, 0.1) is 40.3 Å². The summed E-state index contributed by atoms with van der Waals surface area (Å²) in [4.78, 5) is 36.5. The number of rotatable bonds is 34. The zero-order valence-corrected chi connectivity index (χ0v) is 32.5. The Morgan fingerprint density at radius 3 is 1.70 bits per heavy atom. The molecule has 0 saturated carbocycles. The van der Waals surface area contributed by atoms with Crippen LogP contribution in [0, 0.1) is 0 Å². The SMILES string of the molecule is CCCCCC/C=C/CCC(=O)OCC(COCCC(C(=O)[O-])[N+](C)(C)C)OC(=O)CCCCCCC/C=C/C=C/C=C/CCCCCCC. The Kier molecular flexibility index (Phi) is 31.6. The number of likely N-dealkylation sites (N-methyl/N-ethyl adjacent to an activating group) is 1. The van der Waals surface area contributed by atoms with Gasteiger partial charge in [-0.3, -0.25) is 9.59 Å². The van der Waals surface area contributed by atoms with Crippen LogP contribution in [-0.4, -0.2) is 75.5 Å². The fraction of sp³-hybridized carbons (Fsp3) is 0.738. The lowest BCUT2D eigenvalue weighted by Crippen LogP contribution is -2.55. The lowest BCUT2D eigenvalue weighted by molar-refractivity contribution is -0.889. The number of carbonyl (C=O) groups is 3. The topological polar surface area (TPSA) is 102 Å². The van der Waals surface area contributed by atoms with Gasteiger partial charge in [-0.15, -0.1) is 0 Å². The van der Waals surface area contributed by atoms with Gasteiger partial charge in [-0.1, -0.05) is 127 Å². The van der Waals surface area contributed by atoms with Crippen LogP contribution in [0.3, 0.4) is 0 Å². The fourth-order valence-corrected chi connectivity index (χ4v) is 5.38. The molecule has 0 aliphatic carbocycles. The van der Waals surface area contributed by atoms with E-state index in [-0.39, 0.29) is 49.1 Å². The number of esters is 2. The number of unbranched alkanes of at least 4 members (excludes halogenated alkanes) is 14. The highest BCUT2D eigenvalue weighted by atomic mass is 16.6. The zero-order chi connectivity index (χ0) is 37.1. The van der Waals surface area contributed by atoms with Gasteiger partial charge in [-0.2, -0.15) is 0 Å². The van der Waals surface area contributed by atoms with Crippen molar-refractivity contribution in [3.63, 3.8) is 0 Å². The molecule has 0 fully saturated rings. The predicted octanol–water partition coefficient (Wildman–Crippen LogP) is 8.74. The maximum absolute atomic E-state index is 12.6. The Hall–Kier alpha value is -2.71. The second kappa shape index (κ2) is 33.4. The minimum Gasteiger partial charge on any atom is -0.544 e. The molecule has 0 aromatic carbocycles. The van der Waals surface area contributed by atoms with Gasteiger partial charge in [0.15, 0.2) is 6.10 Å². The van der Waals surface area contributed by atoms with Crippen molar-refractivity contribution in [1.29, 1.82) is 0 Å². The Balaban J connectivity index is 4.44. The first kappa shape index (κ1) is 47.3. The van der Waals surface area contributed by atoms with Gasteiger partial charge in [0.2, 0.25) is 0 Å². The van der Waals surface area contributed by atoms with E-state index in [0.717, 1.165) is 57.8 Å². The molecule has 0 bridgehead atoms. The normalized spacial score (nSPS) is 13.5. The van der Waals surface area contributed by atoms with E-state index in [4.69, 9.17) is 14.2 Å². The zero-order valence-electron chi connectivity index (χ0n) is 32.5. The van der Waals surface area contributed by atoms with Crippen LogP contribution in [0.2, 0.25) is 0 Å². The smallest absolute Gasteiger partial charge is 0.306 e. The third-order valence-corrected chi connectivity index (χ3v) is 8.51. The Morgan fingerprint density at radius 1 is 0.600 bits per heavy atom. The van der Waals surface area contributed by atoms with Crippen molar-refractivity contribution in [2.45, 2.75) is 161 Å². The third kappa shape index (κ3) is 31.3. The van der Waals surface area contributed by atoms with Gasteiger partial charge >= 0.3 is 11.9 Å². The third-order valence-electron chi connectivity index (χ3n) is 8.51. The number of nitrogens with zero attached hydrogens (tertiary/aromatic N) is 1. The Bertz CT molecular complexity index is 964. The Labute approximate surface area is 306 Å². The number of ether oxygens (including phenoxy) is 3. The summed E-state index contributed by atoms with van der Waals surface area (Å²) in [6, 6.07) is -0.733.